The number of hydrogen-bond acceptors (Lipinski definition) is 4. The molecule has 1 aliphatic carbocycles. The van der Waals surface area contributed by atoms with E-state index in [1.807, 2.05) is 18.3 Å². The van der Waals surface area contributed by atoms with E-state index in [4.69, 9.17) is 0 Å². The van der Waals surface area contributed by atoms with Crippen molar-refractivity contribution in [3.8, 4) is 0 Å². The van der Waals surface area contributed by atoms with Crippen molar-refractivity contribution in [2.45, 2.75) is 25.4 Å². The van der Waals surface area contributed by atoms with Crippen LogP contribution in [0.5, 0.6) is 0 Å². The Balaban J connectivity index is 1.60. The third-order valence-electron chi connectivity index (χ3n) is 4.93. The van der Waals surface area contributed by atoms with Crippen LogP contribution in [-0.4, -0.2) is 60.5 Å². The molecule has 1 aliphatic heterocycles. The van der Waals surface area contributed by atoms with E-state index in [1.165, 1.54) is 0 Å². The van der Waals surface area contributed by atoms with Crippen LogP contribution in [0, 0.1) is 11.8 Å². The third-order valence-corrected chi connectivity index (χ3v) is 4.93. The van der Waals surface area contributed by atoms with E-state index in [1.54, 1.807) is 0 Å². The third kappa shape index (κ3) is 4.42. The first-order valence-corrected chi connectivity index (χ1v) is 8.84. The first-order valence-electron chi connectivity index (χ1n) is 8.84. The van der Waals surface area contributed by atoms with Gasteiger partial charge in [0.1, 0.15) is 0 Å². The Morgan fingerprint density at radius 2 is 2.08 bits per heavy atom. The summed E-state index contributed by atoms with van der Waals surface area (Å²) in [6, 6.07) is 6.27. The van der Waals surface area contributed by atoms with Crippen LogP contribution in [0.1, 0.15) is 18.5 Å². The standard InChI is InChI=1S/C19H28N4O/c1-22(2)11-16-12-23(13-17-9-5-6-10-20-17)14-18(16)21-19(24)15-7-3-4-8-15/h3-6,9-10,15-16,18H,7-8,11-14H2,1-2H3,(H,21,24)/t16-,18-/m1/s1. The molecule has 2 heterocycles. The number of hydrogen-bond donors (Lipinski definition) is 1. The second-order valence-electron chi connectivity index (χ2n) is 7.29. The van der Waals surface area contributed by atoms with Crippen molar-refractivity contribution in [1.29, 1.82) is 0 Å². The van der Waals surface area contributed by atoms with Gasteiger partial charge < -0.3 is 10.2 Å². The molecule has 2 aliphatic rings. The van der Waals surface area contributed by atoms with Crippen molar-refractivity contribution in [3.63, 3.8) is 0 Å². The highest BCUT2D eigenvalue weighted by molar-refractivity contribution is 5.79. The van der Waals surface area contributed by atoms with Crippen molar-refractivity contribution in [2.75, 3.05) is 33.7 Å². The molecule has 1 aromatic rings. The summed E-state index contributed by atoms with van der Waals surface area (Å²) in [5, 5.41) is 3.32. The maximum absolute atomic E-state index is 12.5. The predicted octanol–water partition coefficient (Wildman–Crippen LogP) is 1.53. The number of carbonyl (C=O) groups excluding carboxylic acids is 1. The van der Waals surface area contributed by atoms with E-state index in [2.05, 4.69) is 52.4 Å². The highest BCUT2D eigenvalue weighted by Gasteiger charge is 2.35. The van der Waals surface area contributed by atoms with E-state index in [-0.39, 0.29) is 17.9 Å². The van der Waals surface area contributed by atoms with E-state index < -0.39 is 0 Å². The van der Waals surface area contributed by atoms with Gasteiger partial charge in [-0.25, -0.2) is 0 Å². The zero-order valence-corrected chi connectivity index (χ0v) is 14.7. The molecule has 0 radical (unpaired) electrons. The number of nitrogens with one attached hydrogen (secondary N) is 1. The van der Waals surface area contributed by atoms with Crippen LogP contribution in [-0.2, 0) is 11.3 Å². The second kappa shape index (κ2) is 7.90. The van der Waals surface area contributed by atoms with Crippen molar-refractivity contribution in [1.82, 2.24) is 20.1 Å². The summed E-state index contributed by atoms with van der Waals surface area (Å²) >= 11 is 0. The first-order chi connectivity index (χ1) is 11.6. The lowest BCUT2D eigenvalue weighted by molar-refractivity contribution is -0.125. The number of amides is 1. The summed E-state index contributed by atoms with van der Waals surface area (Å²) in [6.45, 7) is 3.75. The SMILES string of the molecule is CN(C)C[C@@H]1CN(Cc2ccccn2)C[C@H]1NC(=O)C1CC=CC1. The lowest BCUT2D eigenvalue weighted by Gasteiger charge is -2.24. The second-order valence-corrected chi connectivity index (χ2v) is 7.29. The number of aromatic nitrogens is 1. The van der Waals surface area contributed by atoms with Crippen LogP contribution in [0.4, 0.5) is 0 Å². The maximum atomic E-state index is 12.5. The van der Waals surface area contributed by atoms with Gasteiger partial charge in [-0.15, -0.1) is 0 Å². The molecule has 5 heteroatoms. The van der Waals surface area contributed by atoms with Crippen LogP contribution < -0.4 is 5.32 Å². The Hall–Kier alpha value is -1.72. The van der Waals surface area contributed by atoms with Crippen LogP contribution >= 0.6 is 0 Å². The van der Waals surface area contributed by atoms with Gasteiger partial charge in [0, 0.05) is 50.3 Å². The lowest BCUT2D eigenvalue weighted by Crippen LogP contribution is -2.45. The van der Waals surface area contributed by atoms with Gasteiger partial charge in [0.25, 0.3) is 0 Å². The topological polar surface area (TPSA) is 48.5 Å². The van der Waals surface area contributed by atoms with Crippen molar-refractivity contribution in [2.24, 2.45) is 11.8 Å². The number of likely N-dealkylation sites (tertiary alicyclic amines) is 1. The zero-order chi connectivity index (χ0) is 16.9. The van der Waals surface area contributed by atoms with Gasteiger partial charge in [-0.05, 0) is 39.1 Å². The Labute approximate surface area is 144 Å². The minimum absolute atomic E-state index is 0.134. The van der Waals surface area contributed by atoms with Crippen LogP contribution in [0.15, 0.2) is 36.5 Å². The normalized spacial score (nSPS) is 24.8. The Kier molecular flexibility index (Phi) is 5.63. The van der Waals surface area contributed by atoms with Crippen LogP contribution in [0.25, 0.3) is 0 Å². The molecular formula is C19H28N4O. The molecule has 5 nitrogen and oxygen atoms in total. The molecule has 130 valence electrons. The lowest BCUT2D eigenvalue weighted by atomic mass is 10.0. The molecule has 1 N–H and O–H groups in total. The van der Waals surface area contributed by atoms with Crippen LogP contribution in [0.3, 0.4) is 0 Å². The van der Waals surface area contributed by atoms with Gasteiger partial charge in [0.05, 0.1) is 5.69 Å². The Bertz CT molecular complexity index is 564. The van der Waals surface area contributed by atoms with Gasteiger partial charge in [0.2, 0.25) is 5.91 Å². The molecule has 0 bridgehead atoms. The molecule has 0 aromatic carbocycles. The minimum Gasteiger partial charge on any atom is -0.351 e. The van der Waals surface area contributed by atoms with E-state index in [0.717, 1.165) is 44.7 Å². The minimum atomic E-state index is 0.134. The largest absolute Gasteiger partial charge is 0.351 e. The number of nitrogens with zero attached hydrogens (tertiary/aromatic N) is 3. The molecular weight excluding hydrogens is 300 g/mol. The molecule has 1 aromatic heterocycles. The Morgan fingerprint density at radius 1 is 1.29 bits per heavy atom. The fourth-order valence-corrected chi connectivity index (χ4v) is 3.76. The van der Waals surface area contributed by atoms with E-state index in [9.17, 15) is 4.79 Å². The number of allylic oxidation sites excluding steroid dienone is 2. The summed E-state index contributed by atoms with van der Waals surface area (Å²) in [5.41, 5.74) is 1.09. The zero-order valence-electron chi connectivity index (χ0n) is 14.7. The molecule has 1 saturated heterocycles. The molecule has 0 saturated carbocycles. The number of carbonyl (C=O) groups is 1. The summed E-state index contributed by atoms with van der Waals surface area (Å²) in [6.07, 6.45) is 7.84. The molecule has 1 amide bonds. The highest BCUT2D eigenvalue weighted by Crippen LogP contribution is 2.22. The summed E-state index contributed by atoms with van der Waals surface area (Å²) < 4.78 is 0. The molecule has 24 heavy (non-hydrogen) atoms. The summed E-state index contributed by atoms with van der Waals surface area (Å²) in [7, 11) is 4.20. The number of pyridine rings is 1. The van der Waals surface area contributed by atoms with Gasteiger partial charge >= 0.3 is 0 Å². The average molecular weight is 328 g/mol. The molecule has 1 fully saturated rings. The van der Waals surface area contributed by atoms with Gasteiger partial charge in [-0.1, -0.05) is 18.2 Å². The monoisotopic (exact) mass is 328 g/mol. The van der Waals surface area contributed by atoms with E-state index >= 15 is 0 Å². The average Bonchev–Trinajstić information content (AvgIpc) is 3.19. The molecule has 0 unspecified atom stereocenters. The van der Waals surface area contributed by atoms with Gasteiger partial charge in [-0.3, -0.25) is 14.7 Å². The smallest absolute Gasteiger partial charge is 0.224 e. The maximum Gasteiger partial charge on any atom is 0.224 e. The van der Waals surface area contributed by atoms with E-state index in [0.29, 0.717) is 5.92 Å². The van der Waals surface area contributed by atoms with Gasteiger partial charge in [0.15, 0.2) is 0 Å². The van der Waals surface area contributed by atoms with Crippen molar-refractivity contribution in [3.05, 3.63) is 42.2 Å². The predicted molar refractivity (Wildman–Crippen MR) is 95.4 cm³/mol. The Morgan fingerprint density at radius 3 is 2.75 bits per heavy atom. The van der Waals surface area contributed by atoms with Gasteiger partial charge in [-0.2, -0.15) is 0 Å². The molecule has 0 spiro atoms. The fourth-order valence-electron chi connectivity index (χ4n) is 3.76. The summed E-state index contributed by atoms with van der Waals surface area (Å²) in [5.74, 6) is 0.810. The summed E-state index contributed by atoms with van der Waals surface area (Å²) in [4.78, 5) is 21.6. The van der Waals surface area contributed by atoms with Crippen molar-refractivity contribution < 1.29 is 4.79 Å². The van der Waals surface area contributed by atoms with Crippen LogP contribution in [0.2, 0.25) is 0 Å². The highest BCUT2D eigenvalue weighted by atomic mass is 16.2. The first kappa shape index (κ1) is 17.1. The number of rotatable bonds is 6. The fraction of sp³-hybridized carbons (Fsp3) is 0.579. The molecule has 2 atom stereocenters. The quantitative estimate of drug-likeness (QED) is 0.805. The molecule has 3 rings (SSSR count). The van der Waals surface area contributed by atoms with Crippen molar-refractivity contribution >= 4 is 5.91 Å².